The van der Waals surface area contributed by atoms with Crippen molar-refractivity contribution in [3.05, 3.63) is 41.5 Å². The second-order valence-electron chi connectivity index (χ2n) is 11.7. The Labute approximate surface area is 248 Å². The van der Waals surface area contributed by atoms with Crippen LogP contribution in [0.1, 0.15) is 52.0 Å². The van der Waals surface area contributed by atoms with E-state index in [0.717, 1.165) is 38.8 Å². The molecule has 2 fully saturated rings. The summed E-state index contributed by atoms with van der Waals surface area (Å²) in [6, 6.07) is 5.79. The van der Waals surface area contributed by atoms with Crippen molar-refractivity contribution in [2.75, 3.05) is 38.2 Å². The third-order valence-electron chi connectivity index (χ3n) is 8.53. The fourth-order valence-electron chi connectivity index (χ4n) is 6.67. The first-order valence-corrected chi connectivity index (χ1v) is 15.0. The summed E-state index contributed by atoms with van der Waals surface area (Å²) >= 11 is 0. The van der Waals surface area contributed by atoms with Crippen molar-refractivity contribution in [2.45, 2.75) is 64.5 Å². The molecule has 2 saturated heterocycles. The SMILES string of the molecule is CCc1c(F)ccc2cc(O)cc(-c3nc(OC(C)C)c4c(NCCO)nc(OCC56CCCN5CCC6)nc4c3F)c12. The average molecular weight is 594 g/mol. The first-order chi connectivity index (χ1) is 20.7. The molecule has 4 aromatic rings. The maximum absolute atomic E-state index is 16.8. The normalized spacial score (nSPS) is 16.3. The van der Waals surface area contributed by atoms with Crippen molar-refractivity contribution in [2.24, 2.45) is 0 Å². The molecule has 228 valence electrons. The standard InChI is InChI=1S/C32H37F2N5O4/c1-4-21-23(33)8-7-19-15-20(41)16-22(24(19)21)27-26(34)28-25(30(36-27)43-18(2)3)29(35-11-14-40)38-31(37-28)42-17-32-9-5-12-39(32)13-6-10-32/h7-8,15-16,18,40-41H,4-6,9-14,17H2,1-3H3,(H,35,37,38). The number of pyridine rings is 1. The number of hydrogen-bond acceptors (Lipinski definition) is 9. The van der Waals surface area contributed by atoms with E-state index >= 15 is 4.39 Å². The largest absolute Gasteiger partial charge is 0.508 e. The molecule has 0 amide bonds. The minimum atomic E-state index is -0.787. The van der Waals surface area contributed by atoms with E-state index < -0.39 is 11.6 Å². The minimum Gasteiger partial charge on any atom is -0.508 e. The zero-order valence-corrected chi connectivity index (χ0v) is 24.7. The van der Waals surface area contributed by atoms with Crippen LogP contribution in [-0.4, -0.2) is 74.6 Å². The van der Waals surface area contributed by atoms with Crippen LogP contribution in [0.15, 0.2) is 24.3 Å². The maximum atomic E-state index is 16.8. The van der Waals surface area contributed by atoms with E-state index in [1.807, 2.05) is 20.8 Å². The summed E-state index contributed by atoms with van der Waals surface area (Å²) in [6.07, 6.45) is 4.25. The second kappa shape index (κ2) is 11.7. The molecule has 0 spiro atoms. The quantitative estimate of drug-likeness (QED) is 0.217. The van der Waals surface area contributed by atoms with Crippen LogP contribution in [-0.2, 0) is 6.42 Å². The highest BCUT2D eigenvalue weighted by Crippen LogP contribution is 2.42. The van der Waals surface area contributed by atoms with Crippen LogP contribution in [0.5, 0.6) is 17.6 Å². The zero-order chi connectivity index (χ0) is 30.3. The van der Waals surface area contributed by atoms with E-state index in [4.69, 9.17) is 9.47 Å². The molecule has 3 N–H and O–H groups in total. The lowest BCUT2D eigenvalue weighted by molar-refractivity contribution is 0.108. The van der Waals surface area contributed by atoms with Gasteiger partial charge >= 0.3 is 6.01 Å². The molecule has 2 aliphatic rings. The number of hydrogen-bond donors (Lipinski definition) is 3. The molecule has 2 aromatic carbocycles. The molecule has 43 heavy (non-hydrogen) atoms. The predicted octanol–water partition coefficient (Wildman–Crippen LogP) is 5.59. The number of benzene rings is 2. The van der Waals surface area contributed by atoms with Crippen LogP contribution in [0, 0.1) is 11.6 Å². The van der Waals surface area contributed by atoms with Gasteiger partial charge in [-0.1, -0.05) is 13.0 Å². The topological polar surface area (TPSA) is 113 Å². The third kappa shape index (κ3) is 5.29. The molecule has 11 heteroatoms. The molecule has 4 heterocycles. The molecule has 9 nitrogen and oxygen atoms in total. The van der Waals surface area contributed by atoms with Gasteiger partial charge in [0.1, 0.15) is 40.6 Å². The number of nitrogens with one attached hydrogen (secondary N) is 1. The fraction of sp³-hybridized carbons (Fsp3) is 0.469. The van der Waals surface area contributed by atoms with Gasteiger partial charge in [-0.2, -0.15) is 9.97 Å². The monoisotopic (exact) mass is 593 g/mol. The number of nitrogens with zero attached hydrogens (tertiary/aromatic N) is 4. The average Bonchev–Trinajstić information content (AvgIpc) is 3.56. The number of fused-ring (bicyclic) bond motifs is 3. The number of aliphatic hydroxyl groups is 1. The van der Waals surface area contributed by atoms with E-state index in [1.165, 1.54) is 18.2 Å². The Balaban J connectivity index is 1.57. The molecule has 0 radical (unpaired) electrons. The Morgan fingerprint density at radius 1 is 1.07 bits per heavy atom. The molecule has 0 bridgehead atoms. The highest BCUT2D eigenvalue weighted by molar-refractivity contribution is 6.03. The number of aryl methyl sites for hydroxylation is 1. The van der Waals surface area contributed by atoms with E-state index in [2.05, 4.69) is 25.2 Å². The van der Waals surface area contributed by atoms with Crippen molar-refractivity contribution in [3.63, 3.8) is 0 Å². The number of phenols is 1. The molecule has 6 rings (SSSR count). The van der Waals surface area contributed by atoms with Crippen molar-refractivity contribution >= 4 is 27.5 Å². The van der Waals surface area contributed by atoms with Crippen LogP contribution in [0.25, 0.3) is 32.9 Å². The van der Waals surface area contributed by atoms with Crippen LogP contribution in [0.3, 0.4) is 0 Å². The van der Waals surface area contributed by atoms with Crippen LogP contribution in [0.4, 0.5) is 14.6 Å². The minimum absolute atomic E-state index is 0.00586. The summed E-state index contributed by atoms with van der Waals surface area (Å²) < 4.78 is 44.0. The van der Waals surface area contributed by atoms with Crippen molar-refractivity contribution in [3.8, 4) is 28.9 Å². The first-order valence-electron chi connectivity index (χ1n) is 15.0. The third-order valence-corrected chi connectivity index (χ3v) is 8.53. The Morgan fingerprint density at radius 3 is 2.53 bits per heavy atom. The van der Waals surface area contributed by atoms with E-state index in [0.29, 0.717) is 29.4 Å². The lowest BCUT2D eigenvalue weighted by Gasteiger charge is -2.31. The number of anilines is 1. The molecule has 0 atom stereocenters. The van der Waals surface area contributed by atoms with E-state index in [-0.39, 0.29) is 70.4 Å². The van der Waals surface area contributed by atoms with Gasteiger partial charge in [-0.15, -0.1) is 0 Å². The number of aromatic hydroxyl groups is 1. The van der Waals surface area contributed by atoms with Crippen LogP contribution < -0.4 is 14.8 Å². The van der Waals surface area contributed by atoms with Gasteiger partial charge in [0.25, 0.3) is 0 Å². The molecule has 2 aromatic heterocycles. The molecule has 0 aliphatic carbocycles. The van der Waals surface area contributed by atoms with Crippen molar-refractivity contribution < 1.29 is 28.5 Å². The summed E-state index contributed by atoms with van der Waals surface area (Å²) in [7, 11) is 0. The highest BCUT2D eigenvalue weighted by atomic mass is 19.1. The van der Waals surface area contributed by atoms with E-state index in [1.54, 1.807) is 6.07 Å². The Morgan fingerprint density at radius 2 is 1.84 bits per heavy atom. The molecule has 2 aliphatic heterocycles. The van der Waals surface area contributed by atoms with Gasteiger partial charge in [0, 0.05) is 12.1 Å². The summed E-state index contributed by atoms with van der Waals surface area (Å²) in [5.74, 6) is -1.04. The Hall–Kier alpha value is -3.83. The first kappa shape index (κ1) is 29.3. The smallest absolute Gasteiger partial charge is 0.319 e. The number of aliphatic hydroxyl groups excluding tert-OH is 1. The summed E-state index contributed by atoms with van der Waals surface area (Å²) in [5.41, 5.74) is 0.292. The summed E-state index contributed by atoms with van der Waals surface area (Å²) in [5, 5.41) is 24.4. The number of phenolic OH excluding ortho intramolecular Hbond substituents is 1. The van der Waals surface area contributed by atoms with Crippen LogP contribution >= 0.6 is 0 Å². The second-order valence-corrected chi connectivity index (χ2v) is 11.7. The van der Waals surface area contributed by atoms with Gasteiger partial charge < -0.3 is 25.0 Å². The number of ether oxygens (including phenoxy) is 2. The zero-order valence-electron chi connectivity index (χ0n) is 24.7. The summed E-state index contributed by atoms with van der Waals surface area (Å²) in [4.78, 5) is 16.2. The predicted molar refractivity (Wildman–Crippen MR) is 161 cm³/mol. The van der Waals surface area contributed by atoms with Gasteiger partial charge in [0.05, 0.1) is 18.2 Å². The molecular formula is C32H37F2N5O4. The Kier molecular flexibility index (Phi) is 7.95. The van der Waals surface area contributed by atoms with Gasteiger partial charge in [0.2, 0.25) is 5.88 Å². The molecular weight excluding hydrogens is 556 g/mol. The summed E-state index contributed by atoms with van der Waals surface area (Å²) in [6.45, 7) is 7.85. The van der Waals surface area contributed by atoms with Crippen molar-refractivity contribution in [1.82, 2.24) is 19.9 Å². The lowest BCUT2D eigenvalue weighted by atomic mass is 9.94. The van der Waals surface area contributed by atoms with Gasteiger partial charge in [-0.25, -0.2) is 13.8 Å². The number of rotatable bonds is 10. The Bertz CT molecular complexity index is 1670. The molecule has 0 saturated carbocycles. The maximum Gasteiger partial charge on any atom is 0.319 e. The fourth-order valence-corrected chi connectivity index (χ4v) is 6.67. The number of aromatic nitrogens is 3. The van der Waals surface area contributed by atoms with Gasteiger partial charge in [-0.05, 0) is 93.6 Å². The van der Waals surface area contributed by atoms with E-state index in [9.17, 15) is 14.6 Å². The molecule has 0 unspecified atom stereocenters. The lowest BCUT2D eigenvalue weighted by Crippen LogP contribution is -2.43. The van der Waals surface area contributed by atoms with Gasteiger partial charge in [-0.3, -0.25) is 4.90 Å². The van der Waals surface area contributed by atoms with Crippen LogP contribution in [0.2, 0.25) is 0 Å². The van der Waals surface area contributed by atoms with Crippen molar-refractivity contribution in [1.29, 1.82) is 0 Å². The van der Waals surface area contributed by atoms with Gasteiger partial charge in [0.15, 0.2) is 5.82 Å². The number of halogens is 2. The highest BCUT2D eigenvalue weighted by Gasteiger charge is 2.45.